The molecule has 0 bridgehead atoms. The SMILES string of the molecule is Cc1cc(S(=O)(=O)N(C)C)cc(NC(=O)c2ccccc2Br)c1C. The zero-order valence-corrected chi connectivity index (χ0v) is 16.3. The number of benzene rings is 2. The lowest BCUT2D eigenvalue weighted by Gasteiger charge is -2.16. The number of aryl methyl sites for hydroxylation is 1. The standard InChI is InChI=1S/C17H19BrN2O3S/c1-11-9-13(24(22,23)20(3)4)10-16(12(11)2)19-17(21)14-7-5-6-8-15(14)18/h5-10H,1-4H3,(H,19,21). The van der Waals surface area contributed by atoms with E-state index < -0.39 is 10.0 Å². The summed E-state index contributed by atoms with van der Waals surface area (Å²) in [6.45, 7) is 3.66. The van der Waals surface area contributed by atoms with Crippen LogP contribution in [-0.4, -0.2) is 32.7 Å². The highest BCUT2D eigenvalue weighted by Crippen LogP contribution is 2.26. The van der Waals surface area contributed by atoms with Gasteiger partial charge in [-0.05, 0) is 65.2 Å². The Morgan fingerprint density at radius 3 is 2.33 bits per heavy atom. The van der Waals surface area contributed by atoms with E-state index in [1.807, 2.05) is 19.9 Å². The minimum atomic E-state index is -3.57. The fourth-order valence-corrected chi connectivity index (χ4v) is 3.63. The van der Waals surface area contributed by atoms with Gasteiger partial charge < -0.3 is 5.32 Å². The molecule has 0 radical (unpaired) electrons. The minimum Gasteiger partial charge on any atom is -0.322 e. The van der Waals surface area contributed by atoms with Gasteiger partial charge >= 0.3 is 0 Å². The largest absolute Gasteiger partial charge is 0.322 e. The zero-order chi connectivity index (χ0) is 18.1. The van der Waals surface area contributed by atoms with Crippen molar-refractivity contribution in [3.8, 4) is 0 Å². The van der Waals surface area contributed by atoms with Gasteiger partial charge in [-0.25, -0.2) is 12.7 Å². The predicted octanol–water partition coefficient (Wildman–Crippen LogP) is 3.57. The summed E-state index contributed by atoms with van der Waals surface area (Å²) in [6.07, 6.45) is 0. The van der Waals surface area contributed by atoms with E-state index in [2.05, 4.69) is 21.2 Å². The lowest BCUT2D eigenvalue weighted by atomic mass is 10.1. The van der Waals surface area contributed by atoms with Crippen molar-refractivity contribution in [1.82, 2.24) is 4.31 Å². The minimum absolute atomic E-state index is 0.151. The average molecular weight is 411 g/mol. The molecule has 0 aliphatic heterocycles. The summed E-state index contributed by atoms with van der Waals surface area (Å²) in [5.41, 5.74) is 2.58. The number of hydrogen-bond donors (Lipinski definition) is 1. The lowest BCUT2D eigenvalue weighted by Crippen LogP contribution is -2.23. The quantitative estimate of drug-likeness (QED) is 0.837. The highest BCUT2D eigenvalue weighted by Gasteiger charge is 2.20. The Hall–Kier alpha value is -1.70. The van der Waals surface area contributed by atoms with Crippen LogP contribution >= 0.6 is 15.9 Å². The molecule has 0 spiro atoms. The Morgan fingerprint density at radius 1 is 1.12 bits per heavy atom. The van der Waals surface area contributed by atoms with Crippen LogP contribution in [0.25, 0.3) is 0 Å². The summed E-state index contributed by atoms with van der Waals surface area (Å²) in [4.78, 5) is 12.6. The summed E-state index contributed by atoms with van der Waals surface area (Å²) in [5.74, 6) is -0.302. The van der Waals surface area contributed by atoms with Gasteiger partial charge in [0, 0.05) is 24.3 Å². The van der Waals surface area contributed by atoms with Crippen molar-refractivity contribution < 1.29 is 13.2 Å². The molecule has 5 nitrogen and oxygen atoms in total. The Morgan fingerprint density at radius 2 is 1.75 bits per heavy atom. The van der Waals surface area contributed by atoms with E-state index >= 15 is 0 Å². The van der Waals surface area contributed by atoms with Crippen molar-refractivity contribution in [3.63, 3.8) is 0 Å². The van der Waals surface area contributed by atoms with Crippen molar-refractivity contribution in [3.05, 3.63) is 57.6 Å². The van der Waals surface area contributed by atoms with E-state index in [4.69, 9.17) is 0 Å². The van der Waals surface area contributed by atoms with E-state index in [-0.39, 0.29) is 10.8 Å². The molecule has 128 valence electrons. The number of nitrogens with zero attached hydrogens (tertiary/aromatic N) is 1. The average Bonchev–Trinajstić information content (AvgIpc) is 2.51. The zero-order valence-electron chi connectivity index (χ0n) is 13.9. The van der Waals surface area contributed by atoms with Crippen LogP contribution in [0.4, 0.5) is 5.69 Å². The monoisotopic (exact) mass is 410 g/mol. The summed E-state index contributed by atoms with van der Waals surface area (Å²) in [5, 5.41) is 2.81. The number of rotatable bonds is 4. The van der Waals surface area contributed by atoms with Gasteiger partial charge in [0.05, 0.1) is 10.5 Å². The van der Waals surface area contributed by atoms with E-state index in [1.54, 1.807) is 24.3 Å². The molecule has 1 N–H and O–H groups in total. The third kappa shape index (κ3) is 3.68. The predicted molar refractivity (Wildman–Crippen MR) is 98.9 cm³/mol. The molecule has 7 heteroatoms. The van der Waals surface area contributed by atoms with Gasteiger partial charge in [-0.15, -0.1) is 0 Å². The van der Waals surface area contributed by atoms with Crippen LogP contribution < -0.4 is 5.32 Å². The molecule has 0 atom stereocenters. The third-order valence-electron chi connectivity index (χ3n) is 3.79. The molecule has 2 rings (SSSR count). The Bertz CT molecular complexity index is 893. The third-order valence-corrected chi connectivity index (χ3v) is 6.27. The summed E-state index contributed by atoms with van der Waals surface area (Å²) >= 11 is 3.35. The van der Waals surface area contributed by atoms with Crippen LogP contribution in [0.1, 0.15) is 21.5 Å². The summed E-state index contributed by atoms with van der Waals surface area (Å²) in [6, 6.07) is 10.2. The first-order chi connectivity index (χ1) is 11.1. The van der Waals surface area contributed by atoms with Gasteiger partial charge in [0.15, 0.2) is 0 Å². The molecule has 0 fully saturated rings. The van der Waals surface area contributed by atoms with E-state index in [1.165, 1.54) is 20.2 Å². The van der Waals surface area contributed by atoms with Crippen molar-refractivity contribution in [1.29, 1.82) is 0 Å². The molecule has 0 aliphatic carbocycles. The van der Waals surface area contributed by atoms with Crippen LogP contribution in [0, 0.1) is 13.8 Å². The number of sulfonamides is 1. The van der Waals surface area contributed by atoms with Gasteiger partial charge in [-0.3, -0.25) is 4.79 Å². The molecule has 2 aromatic rings. The van der Waals surface area contributed by atoms with Crippen LogP contribution in [-0.2, 0) is 10.0 Å². The maximum atomic E-state index is 12.5. The van der Waals surface area contributed by atoms with Crippen LogP contribution in [0.2, 0.25) is 0 Å². The number of halogens is 1. The smallest absolute Gasteiger partial charge is 0.256 e. The molecule has 1 amide bonds. The van der Waals surface area contributed by atoms with Crippen LogP contribution in [0.15, 0.2) is 45.8 Å². The van der Waals surface area contributed by atoms with Gasteiger partial charge in [0.1, 0.15) is 0 Å². The Balaban J connectivity index is 2.46. The molecule has 24 heavy (non-hydrogen) atoms. The highest BCUT2D eigenvalue weighted by molar-refractivity contribution is 9.10. The van der Waals surface area contributed by atoms with E-state index in [9.17, 15) is 13.2 Å². The molecule has 0 unspecified atom stereocenters. The Kier molecular flexibility index (Phi) is 5.47. The molecular formula is C17H19BrN2O3S. The highest BCUT2D eigenvalue weighted by atomic mass is 79.9. The van der Waals surface area contributed by atoms with Crippen LogP contribution in [0.3, 0.4) is 0 Å². The number of amides is 1. The molecule has 0 heterocycles. The van der Waals surface area contributed by atoms with E-state index in [0.717, 1.165) is 15.4 Å². The second-order valence-corrected chi connectivity index (χ2v) is 8.64. The Labute approximate surface area is 150 Å². The normalized spacial score (nSPS) is 11.6. The molecule has 0 saturated heterocycles. The van der Waals surface area contributed by atoms with Crippen LogP contribution in [0.5, 0.6) is 0 Å². The maximum absolute atomic E-state index is 12.5. The maximum Gasteiger partial charge on any atom is 0.256 e. The van der Waals surface area contributed by atoms with Gasteiger partial charge in [0.2, 0.25) is 10.0 Å². The fraction of sp³-hybridized carbons (Fsp3) is 0.235. The second kappa shape index (κ2) is 7.04. The van der Waals surface area contributed by atoms with Gasteiger partial charge in [0.25, 0.3) is 5.91 Å². The molecular weight excluding hydrogens is 392 g/mol. The number of carbonyl (C=O) groups is 1. The summed E-state index contributed by atoms with van der Waals surface area (Å²) < 4.78 is 26.6. The summed E-state index contributed by atoms with van der Waals surface area (Å²) in [7, 11) is -0.622. The van der Waals surface area contributed by atoms with E-state index in [0.29, 0.717) is 15.7 Å². The number of anilines is 1. The molecule has 0 saturated carbocycles. The molecule has 0 aromatic heterocycles. The topological polar surface area (TPSA) is 66.5 Å². The van der Waals surface area contributed by atoms with Gasteiger partial charge in [-0.1, -0.05) is 12.1 Å². The molecule has 0 aliphatic rings. The molecule has 2 aromatic carbocycles. The van der Waals surface area contributed by atoms with Crippen molar-refractivity contribution in [2.24, 2.45) is 0 Å². The number of nitrogens with one attached hydrogen (secondary N) is 1. The van der Waals surface area contributed by atoms with Crippen molar-refractivity contribution >= 4 is 37.5 Å². The number of carbonyl (C=O) groups excluding carboxylic acids is 1. The fourth-order valence-electron chi connectivity index (χ4n) is 2.15. The van der Waals surface area contributed by atoms with Crippen molar-refractivity contribution in [2.45, 2.75) is 18.7 Å². The first-order valence-electron chi connectivity index (χ1n) is 7.24. The number of hydrogen-bond acceptors (Lipinski definition) is 3. The van der Waals surface area contributed by atoms with Gasteiger partial charge in [-0.2, -0.15) is 0 Å². The second-order valence-electron chi connectivity index (χ2n) is 5.63. The first kappa shape index (κ1) is 18.6. The first-order valence-corrected chi connectivity index (χ1v) is 9.47. The van der Waals surface area contributed by atoms with Crippen molar-refractivity contribution in [2.75, 3.05) is 19.4 Å². The lowest BCUT2D eigenvalue weighted by molar-refractivity contribution is 0.102.